The molecule has 1 aromatic heterocycles. The normalized spacial score (nSPS) is 30.5. The Hall–Kier alpha value is -1.79. The molecule has 98 valence electrons. The van der Waals surface area contributed by atoms with Gasteiger partial charge in [-0.15, -0.1) is 5.10 Å². The maximum atomic E-state index is 10.8. The number of hydrogen-bond acceptors (Lipinski definition) is 5. The zero-order valence-electron chi connectivity index (χ0n) is 10.2. The fourth-order valence-corrected chi connectivity index (χ4v) is 3.17. The molecule has 7 heteroatoms. The van der Waals surface area contributed by atoms with Crippen molar-refractivity contribution in [2.45, 2.75) is 25.8 Å². The van der Waals surface area contributed by atoms with Gasteiger partial charge in [0.1, 0.15) is 0 Å². The van der Waals surface area contributed by atoms with Crippen molar-refractivity contribution in [3.63, 3.8) is 0 Å². The van der Waals surface area contributed by atoms with Gasteiger partial charge in [-0.05, 0) is 24.7 Å². The fraction of sp³-hybridized carbons (Fsp3) is 0.727. The first-order valence-electron chi connectivity index (χ1n) is 6.18. The van der Waals surface area contributed by atoms with Crippen LogP contribution in [0.3, 0.4) is 0 Å². The molecule has 1 amide bonds. The Morgan fingerprint density at radius 1 is 1.39 bits per heavy atom. The highest BCUT2D eigenvalue weighted by atomic mass is 16.4. The molecule has 2 fully saturated rings. The topological polar surface area (TPSA) is 91.5 Å². The molecule has 2 unspecified atom stereocenters. The SMILES string of the molecule is Cc1nnc(N2CC3CCC(C2)C3NC(=O)O)o1. The van der Waals surface area contributed by atoms with Crippen molar-refractivity contribution in [1.82, 2.24) is 15.5 Å². The molecule has 7 nitrogen and oxygen atoms in total. The minimum absolute atomic E-state index is 0.0720. The molecule has 18 heavy (non-hydrogen) atoms. The van der Waals surface area contributed by atoms with Crippen LogP contribution in [0.1, 0.15) is 18.7 Å². The molecule has 2 atom stereocenters. The van der Waals surface area contributed by atoms with E-state index in [0.29, 0.717) is 23.7 Å². The first-order valence-corrected chi connectivity index (χ1v) is 6.18. The summed E-state index contributed by atoms with van der Waals surface area (Å²) in [5.74, 6) is 1.24. The Balaban J connectivity index is 1.73. The average Bonchev–Trinajstić information content (AvgIpc) is 2.81. The second kappa shape index (κ2) is 4.15. The Bertz CT molecular complexity index is 447. The monoisotopic (exact) mass is 252 g/mol. The predicted molar refractivity (Wildman–Crippen MR) is 62.4 cm³/mol. The number of nitrogens with zero attached hydrogens (tertiary/aromatic N) is 3. The van der Waals surface area contributed by atoms with Gasteiger partial charge in [-0.25, -0.2) is 4.79 Å². The number of fused-ring (bicyclic) bond motifs is 2. The van der Waals surface area contributed by atoms with Crippen molar-refractivity contribution in [2.24, 2.45) is 11.8 Å². The lowest BCUT2D eigenvalue weighted by molar-refractivity contribution is 0.178. The molecule has 0 radical (unpaired) electrons. The van der Waals surface area contributed by atoms with Gasteiger partial charge >= 0.3 is 12.1 Å². The van der Waals surface area contributed by atoms with Crippen molar-refractivity contribution in [3.05, 3.63) is 5.89 Å². The molecule has 1 saturated carbocycles. The molecule has 0 aromatic carbocycles. The summed E-state index contributed by atoms with van der Waals surface area (Å²) in [6.07, 6.45) is 1.18. The maximum Gasteiger partial charge on any atom is 0.404 e. The molecule has 2 N–H and O–H groups in total. The summed E-state index contributed by atoms with van der Waals surface area (Å²) < 4.78 is 5.43. The molecular weight excluding hydrogens is 236 g/mol. The summed E-state index contributed by atoms with van der Waals surface area (Å²) >= 11 is 0. The van der Waals surface area contributed by atoms with Gasteiger partial charge in [0.05, 0.1) is 0 Å². The van der Waals surface area contributed by atoms with E-state index in [-0.39, 0.29) is 6.04 Å². The van der Waals surface area contributed by atoms with Gasteiger partial charge in [0.15, 0.2) is 0 Å². The Morgan fingerprint density at radius 3 is 2.56 bits per heavy atom. The van der Waals surface area contributed by atoms with Gasteiger partial charge in [0.2, 0.25) is 5.89 Å². The van der Waals surface area contributed by atoms with Crippen LogP contribution in [0.2, 0.25) is 0 Å². The van der Waals surface area contributed by atoms with Gasteiger partial charge in [-0.2, -0.15) is 0 Å². The highest BCUT2D eigenvalue weighted by Gasteiger charge is 2.43. The minimum Gasteiger partial charge on any atom is -0.465 e. The van der Waals surface area contributed by atoms with Crippen LogP contribution >= 0.6 is 0 Å². The highest BCUT2D eigenvalue weighted by Crippen LogP contribution is 2.38. The molecule has 0 spiro atoms. The first kappa shape index (κ1) is 11.3. The minimum atomic E-state index is -0.931. The number of anilines is 1. The number of aryl methyl sites for hydroxylation is 1. The van der Waals surface area contributed by atoms with E-state index in [9.17, 15) is 4.79 Å². The number of aromatic nitrogens is 2. The van der Waals surface area contributed by atoms with Gasteiger partial charge in [0.25, 0.3) is 0 Å². The lowest BCUT2D eigenvalue weighted by atomic mass is 9.92. The van der Waals surface area contributed by atoms with E-state index in [2.05, 4.69) is 20.4 Å². The molecule has 2 aliphatic rings. The summed E-state index contributed by atoms with van der Waals surface area (Å²) in [7, 11) is 0. The Morgan fingerprint density at radius 2 is 2.06 bits per heavy atom. The molecule has 2 bridgehead atoms. The number of piperidine rings is 1. The van der Waals surface area contributed by atoms with E-state index in [0.717, 1.165) is 25.9 Å². The zero-order valence-corrected chi connectivity index (χ0v) is 10.2. The predicted octanol–water partition coefficient (Wildman–Crippen LogP) is 0.860. The molecule has 2 heterocycles. The fourth-order valence-electron chi connectivity index (χ4n) is 3.17. The Labute approximate surface area is 104 Å². The second-order valence-corrected chi connectivity index (χ2v) is 5.08. The lowest BCUT2D eigenvalue weighted by Crippen LogP contribution is -2.52. The van der Waals surface area contributed by atoms with E-state index >= 15 is 0 Å². The summed E-state index contributed by atoms with van der Waals surface area (Å²) in [4.78, 5) is 12.8. The van der Waals surface area contributed by atoms with Crippen molar-refractivity contribution in [3.8, 4) is 0 Å². The van der Waals surface area contributed by atoms with Gasteiger partial charge in [-0.3, -0.25) is 0 Å². The summed E-state index contributed by atoms with van der Waals surface area (Å²) in [5, 5.41) is 19.4. The largest absolute Gasteiger partial charge is 0.465 e. The van der Waals surface area contributed by atoms with E-state index in [4.69, 9.17) is 9.52 Å². The van der Waals surface area contributed by atoms with Crippen LogP contribution in [-0.2, 0) is 0 Å². The first-order chi connectivity index (χ1) is 8.63. The van der Waals surface area contributed by atoms with Crippen LogP contribution in [0.5, 0.6) is 0 Å². The third kappa shape index (κ3) is 1.89. The third-order valence-electron chi connectivity index (χ3n) is 3.91. The van der Waals surface area contributed by atoms with E-state index < -0.39 is 6.09 Å². The molecule has 1 saturated heterocycles. The van der Waals surface area contributed by atoms with Crippen LogP contribution in [0.4, 0.5) is 10.8 Å². The third-order valence-corrected chi connectivity index (χ3v) is 3.91. The van der Waals surface area contributed by atoms with Crippen LogP contribution < -0.4 is 10.2 Å². The second-order valence-electron chi connectivity index (χ2n) is 5.08. The quantitative estimate of drug-likeness (QED) is 0.811. The zero-order chi connectivity index (χ0) is 12.7. The van der Waals surface area contributed by atoms with Crippen LogP contribution in [0.25, 0.3) is 0 Å². The van der Waals surface area contributed by atoms with Crippen molar-refractivity contribution in [2.75, 3.05) is 18.0 Å². The van der Waals surface area contributed by atoms with Crippen LogP contribution in [0, 0.1) is 18.8 Å². The number of nitrogens with one attached hydrogen (secondary N) is 1. The van der Waals surface area contributed by atoms with Gasteiger partial charge in [0, 0.05) is 26.1 Å². The number of carbonyl (C=O) groups is 1. The van der Waals surface area contributed by atoms with E-state index in [1.54, 1.807) is 6.92 Å². The van der Waals surface area contributed by atoms with Crippen molar-refractivity contribution in [1.29, 1.82) is 0 Å². The smallest absolute Gasteiger partial charge is 0.404 e. The molecule has 1 aliphatic carbocycles. The number of amides is 1. The standard InChI is InChI=1S/C11H16N4O3/c1-6-13-14-10(18-6)15-4-7-2-3-8(5-15)9(7)12-11(16)17/h7-9,12H,2-5H2,1H3,(H,16,17). The summed E-state index contributed by atoms with van der Waals surface area (Å²) in [6, 6.07) is 0.626. The highest BCUT2D eigenvalue weighted by molar-refractivity contribution is 5.65. The van der Waals surface area contributed by atoms with Gasteiger partial charge in [-0.1, -0.05) is 5.10 Å². The summed E-state index contributed by atoms with van der Waals surface area (Å²) in [6.45, 7) is 3.33. The average molecular weight is 252 g/mol. The van der Waals surface area contributed by atoms with E-state index in [1.807, 2.05) is 0 Å². The summed E-state index contributed by atoms with van der Waals surface area (Å²) in [5.41, 5.74) is 0. The van der Waals surface area contributed by atoms with Crippen molar-refractivity contribution < 1.29 is 14.3 Å². The Kier molecular flexibility index (Phi) is 2.61. The molecule has 1 aliphatic heterocycles. The van der Waals surface area contributed by atoms with Crippen molar-refractivity contribution >= 4 is 12.1 Å². The number of hydrogen-bond donors (Lipinski definition) is 2. The molecule has 1 aromatic rings. The lowest BCUT2D eigenvalue weighted by Gasteiger charge is -2.36. The molecular formula is C11H16N4O3. The van der Waals surface area contributed by atoms with E-state index in [1.165, 1.54) is 0 Å². The van der Waals surface area contributed by atoms with Gasteiger partial charge < -0.3 is 19.7 Å². The number of carboxylic acid groups (broad SMARTS) is 1. The maximum absolute atomic E-state index is 10.8. The van der Waals surface area contributed by atoms with Crippen LogP contribution in [-0.4, -0.2) is 40.5 Å². The molecule has 3 rings (SSSR count). The van der Waals surface area contributed by atoms with Crippen LogP contribution in [0.15, 0.2) is 4.42 Å². The number of rotatable bonds is 2.